The normalized spacial score (nSPS) is 50.6. The molecule has 0 saturated heterocycles. The summed E-state index contributed by atoms with van der Waals surface area (Å²) in [5.74, 6) is 0.0669. The fourth-order valence-electron chi connectivity index (χ4n) is 6.40. The fourth-order valence-corrected chi connectivity index (χ4v) is 6.40. The van der Waals surface area contributed by atoms with Crippen LogP contribution in [0.1, 0.15) is 59.3 Å². The van der Waals surface area contributed by atoms with Gasteiger partial charge in [-0.05, 0) is 62.2 Å². The van der Waals surface area contributed by atoms with E-state index in [4.69, 9.17) is 0 Å². The zero-order valence-corrected chi connectivity index (χ0v) is 11.8. The molecule has 0 aromatic carbocycles. The highest BCUT2D eigenvalue weighted by Gasteiger charge is 2.61. The minimum atomic E-state index is -0.688. The van der Waals surface area contributed by atoms with Crippen molar-refractivity contribution in [2.45, 2.75) is 59.3 Å². The van der Waals surface area contributed by atoms with E-state index in [1.54, 1.807) is 0 Å². The van der Waals surface area contributed by atoms with Gasteiger partial charge in [-0.2, -0.15) is 0 Å². The van der Waals surface area contributed by atoms with Crippen LogP contribution >= 0.6 is 0 Å². The summed E-state index contributed by atoms with van der Waals surface area (Å²) in [6, 6.07) is 0. The predicted octanol–water partition coefficient (Wildman–Crippen LogP) is 4.01. The average Bonchev–Trinajstić information content (AvgIpc) is 2.10. The second-order valence-corrected chi connectivity index (χ2v) is 7.92. The first-order chi connectivity index (χ1) is 8.30. The lowest BCUT2D eigenvalue weighted by Gasteiger charge is -2.65. The molecule has 0 radical (unpaired) electrons. The Morgan fingerprint density at radius 1 is 1.11 bits per heavy atom. The number of carbonyl (C=O) groups is 1. The second-order valence-electron chi connectivity index (χ2n) is 7.92. The van der Waals surface area contributed by atoms with E-state index in [0.717, 1.165) is 25.2 Å². The third kappa shape index (κ3) is 1.57. The molecule has 0 heterocycles. The number of hydrogen-bond donors (Lipinski definition) is 1. The quantitative estimate of drug-likeness (QED) is 0.750. The summed E-state index contributed by atoms with van der Waals surface area (Å²) in [5.41, 5.74) is 1.45. The number of allylic oxidation sites excluding steroid dienone is 1. The minimum Gasteiger partial charge on any atom is -0.478 e. The molecule has 4 saturated carbocycles. The van der Waals surface area contributed by atoms with Gasteiger partial charge >= 0.3 is 5.97 Å². The van der Waals surface area contributed by atoms with Crippen molar-refractivity contribution < 1.29 is 9.90 Å². The monoisotopic (exact) mass is 248 g/mol. The van der Waals surface area contributed by atoms with Crippen LogP contribution < -0.4 is 0 Å². The van der Waals surface area contributed by atoms with E-state index < -0.39 is 5.97 Å². The van der Waals surface area contributed by atoms with E-state index >= 15 is 0 Å². The summed E-state index contributed by atoms with van der Waals surface area (Å²) in [5, 5.41) is 9.53. The van der Waals surface area contributed by atoms with Crippen LogP contribution in [-0.2, 0) is 4.79 Å². The van der Waals surface area contributed by atoms with E-state index in [1.807, 2.05) is 13.0 Å². The van der Waals surface area contributed by atoms with Crippen LogP contribution in [0.3, 0.4) is 0 Å². The maximum Gasteiger partial charge on any atom is 0.331 e. The molecule has 0 amide bonds. The third-order valence-electron chi connectivity index (χ3n) is 5.72. The van der Waals surface area contributed by atoms with Gasteiger partial charge in [-0.3, -0.25) is 0 Å². The van der Waals surface area contributed by atoms with Crippen molar-refractivity contribution in [1.82, 2.24) is 0 Å². The number of carboxylic acids is 1. The van der Waals surface area contributed by atoms with E-state index in [1.165, 1.54) is 19.3 Å². The summed E-state index contributed by atoms with van der Waals surface area (Å²) in [7, 11) is 0. The van der Waals surface area contributed by atoms with E-state index in [9.17, 15) is 9.90 Å². The molecular formula is C16H24O2. The first-order valence-electron chi connectivity index (χ1n) is 7.20. The van der Waals surface area contributed by atoms with Crippen molar-refractivity contribution in [2.24, 2.45) is 22.2 Å². The predicted molar refractivity (Wildman–Crippen MR) is 71.2 cm³/mol. The Hall–Kier alpha value is -0.790. The number of hydrogen-bond acceptors (Lipinski definition) is 1. The summed E-state index contributed by atoms with van der Waals surface area (Å²) in [4.78, 5) is 11.6. The van der Waals surface area contributed by atoms with Crippen LogP contribution in [0, 0.1) is 22.2 Å². The Morgan fingerprint density at radius 3 is 2.06 bits per heavy atom. The summed E-state index contributed by atoms with van der Waals surface area (Å²) in [6.07, 6.45) is 9.11. The lowest BCUT2D eigenvalue weighted by Crippen LogP contribution is -2.56. The Kier molecular flexibility index (Phi) is 2.31. The van der Waals surface area contributed by atoms with Crippen molar-refractivity contribution in [3.63, 3.8) is 0 Å². The van der Waals surface area contributed by atoms with Gasteiger partial charge in [-0.25, -0.2) is 4.79 Å². The summed E-state index contributed by atoms with van der Waals surface area (Å²) < 4.78 is 0. The van der Waals surface area contributed by atoms with Gasteiger partial charge < -0.3 is 5.11 Å². The van der Waals surface area contributed by atoms with E-state index in [2.05, 4.69) is 13.8 Å². The molecule has 0 spiro atoms. The fraction of sp³-hybridized carbons (Fsp3) is 0.812. The highest BCUT2D eigenvalue weighted by atomic mass is 16.4. The van der Waals surface area contributed by atoms with Gasteiger partial charge in [0.2, 0.25) is 0 Å². The van der Waals surface area contributed by atoms with Gasteiger partial charge in [-0.15, -0.1) is 0 Å². The number of aliphatic carboxylic acids is 1. The standard InChI is InChI=1S/C16H24O2/c1-4-12(13(17)18)16-7-11-5-14(2,9-16)8-15(3,6-11)10-16/h4,11H,5-10H2,1-3H3,(H,17,18)/b12-4-. The van der Waals surface area contributed by atoms with Gasteiger partial charge in [0.25, 0.3) is 0 Å². The Morgan fingerprint density at radius 2 is 1.67 bits per heavy atom. The number of carboxylic acid groups (broad SMARTS) is 1. The second kappa shape index (κ2) is 3.40. The highest BCUT2D eigenvalue weighted by Crippen LogP contribution is 2.71. The van der Waals surface area contributed by atoms with Crippen LogP contribution in [0.4, 0.5) is 0 Å². The number of rotatable bonds is 2. The SMILES string of the molecule is C/C=C(/C(=O)O)C12CC3CC(C)(CC(C)(C3)C1)C2. The van der Waals surface area contributed by atoms with Crippen LogP contribution in [0.25, 0.3) is 0 Å². The van der Waals surface area contributed by atoms with Gasteiger partial charge in [0.05, 0.1) is 0 Å². The lowest BCUT2D eigenvalue weighted by atomic mass is 9.39. The molecule has 18 heavy (non-hydrogen) atoms. The maximum absolute atomic E-state index is 11.6. The molecule has 0 aromatic rings. The van der Waals surface area contributed by atoms with Crippen molar-refractivity contribution >= 4 is 5.97 Å². The van der Waals surface area contributed by atoms with Gasteiger partial charge in [0.1, 0.15) is 0 Å². The molecule has 0 aliphatic heterocycles. The topological polar surface area (TPSA) is 37.3 Å². The molecule has 100 valence electrons. The molecule has 2 atom stereocenters. The Labute approximate surface area is 109 Å². The van der Waals surface area contributed by atoms with Crippen molar-refractivity contribution in [3.8, 4) is 0 Å². The van der Waals surface area contributed by atoms with Crippen LogP contribution in [0.15, 0.2) is 11.6 Å². The Bertz CT molecular complexity index is 416. The molecule has 0 aromatic heterocycles. The molecule has 2 nitrogen and oxygen atoms in total. The van der Waals surface area contributed by atoms with Gasteiger partial charge in [0.15, 0.2) is 0 Å². The lowest BCUT2D eigenvalue weighted by molar-refractivity contribution is -0.147. The maximum atomic E-state index is 11.6. The zero-order chi connectivity index (χ0) is 13.2. The summed E-state index contributed by atoms with van der Waals surface area (Å²) >= 11 is 0. The average molecular weight is 248 g/mol. The first-order valence-corrected chi connectivity index (χ1v) is 7.20. The van der Waals surface area contributed by atoms with Crippen molar-refractivity contribution in [2.75, 3.05) is 0 Å². The van der Waals surface area contributed by atoms with Crippen molar-refractivity contribution in [1.29, 1.82) is 0 Å². The molecule has 4 bridgehead atoms. The summed E-state index contributed by atoms with van der Waals surface area (Å²) in [6.45, 7) is 6.67. The third-order valence-corrected chi connectivity index (χ3v) is 5.72. The molecule has 1 N–H and O–H groups in total. The molecule has 4 fully saturated rings. The zero-order valence-electron chi connectivity index (χ0n) is 11.8. The molecule has 2 heteroatoms. The van der Waals surface area contributed by atoms with Crippen molar-refractivity contribution in [3.05, 3.63) is 11.6 Å². The Balaban J connectivity index is 2.06. The molecule has 2 unspecified atom stereocenters. The van der Waals surface area contributed by atoms with Gasteiger partial charge in [-0.1, -0.05) is 19.9 Å². The molecule has 4 aliphatic rings. The van der Waals surface area contributed by atoms with Crippen LogP contribution in [-0.4, -0.2) is 11.1 Å². The van der Waals surface area contributed by atoms with Crippen LogP contribution in [0.2, 0.25) is 0 Å². The van der Waals surface area contributed by atoms with Crippen LogP contribution in [0.5, 0.6) is 0 Å². The first kappa shape index (κ1) is 12.3. The highest BCUT2D eigenvalue weighted by molar-refractivity contribution is 5.88. The van der Waals surface area contributed by atoms with Gasteiger partial charge in [0, 0.05) is 11.0 Å². The van der Waals surface area contributed by atoms with E-state index in [-0.39, 0.29) is 5.41 Å². The largest absolute Gasteiger partial charge is 0.478 e. The smallest absolute Gasteiger partial charge is 0.331 e. The minimum absolute atomic E-state index is 0.0243. The van der Waals surface area contributed by atoms with E-state index in [0.29, 0.717) is 16.4 Å². The molecule has 4 aliphatic carbocycles. The molecule has 4 rings (SSSR count). The molecular weight excluding hydrogens is 224 g/mol.